The van der Waals surface area contributed by atoms with E-state index in [1.807, 2.05) is 31.2 Å². The lowest BCUT2D eigenvalue weighted by atomic mass is 10.2. The first-order chi connectivity index (χ1) is 8.11. The smallest absolute Gasteiger partial charge is 0.0532 e. The van der Waals surface area contributed by atoms with Crippen molar-refractivity contribution in [3.05, 3.63) is 29.8 Å². The van der Waals surface area contributed by atoms with Gasteiger partial charge in [-0.25, -0.2) is 0 Å². The highest BCUT2D eigenvalue weighted by Gasteiger charge is 2.05. The molecule has 0 heterocycles. The van der Waals surface area contributed by atoms with Crippen LogP contribution in [-0.4, -0.2) is 23.1 Å². The third kappa shape index (κ3) is 5.46. The van der Waals surface area contributed by atoms with Gasteiger partial charge in [-0.05, 0) is 44.0 Å². The molecule has 1 unspecified atom stereocenters. The van der Waals surface area contributed by atoms with Crippen LogP contribution in [0.2, 0.25) is 0 Å². The lowest BCUT2D eigenvalue weighted by Crippen LogP contribution is -2.22. The first kappa shape index (κ1) is 14.4. The van der Waals surface area contributed by atoms with Crippen LogP contribution in [0.1, 0.15) is 25.8 Å². The first-order valence-corrected chi connectivity index (χ1v) is 7.58. The molecule has 0 spiro atoms. The summed E-state index contributed by atoms with van der Waals surface area (Å²) in [6, 6.07) is 7.93. The van der Waals surface area contributed by atoms with E-state index in [4.69, 9.17) is 0 Å². The van der Waals surface area contributed by atoms with Crippen molar-refractivity contribution in [2.75, 3.05) is 18.8 Å². The summed E-state index contributed by atoms with van der Waals surface area (Å²) < 4.78 is 12.0. The molecule has 0 aliphatic carbocycles. The van der Waals surface area contributed by atoms with E-state index in [1.165, 1.54) is 0 Å². The van der Waals surface area contributed by atoms with Crippen molar-refractivity contribution in [2.45, 2.75) is 32.1 Å². The summed E-state index contributed by atoms with van der Waals surface area (Å²) in [5.74, 6) is 1.42. The molecule has 1 N–H and O–H groups in total. The van der Waals surface area contributed by atoms with Crippen LogP contribution in [0.25, 0.3) is 0 Å². The van der Waals surface area contributed by atoms with E-state index in [0.29, 0.717) is 5.92 Å². The molecule has 96 valence electrons. The Morgan fingerprint density at radius 3 is 2.65 bits per heavy atom. The summed E-state index contributed by atoms with van der Waals surface area (Å²) in [7, 11) is -0.849. The monoisotopic (exact) mass is 253 g/mol. The van der Waals surface area contributed by atoms with Gasteiger partial charge in [0.25, 0.3) is 0 Å². The Bertz CT molecular complexity index is 363. The van der Waals surface area contributed by atoms with Crippen molar-refractivity contribution in [1.82, 2.24) is 5.32 Å². The molecule has 1 aromatic rings. The Labute approximate surface area is 107 Å². The number of hydrogen-bond donors (Lipinski definition) is 1. The first-order valence-electron chi connectivity index (χ1n) is 6.26. The summed E-state index contributed by atoms with van der Waals surface area (Å²) in [6.45, 7) is 8.40. The van der Waals surface area contributed by atoms with Crippen molar-refractivity contribution in [1.29, 1.82) is 0 Å². The zero-order valence-electron chi connectivity index (χ0n) is 11.0. The molecule has 1 aromatic carbocycles. The van der Waals surface area contributed by atoms with E-state index in [1.54, 1.807) is 0 Å². The Balaban J connectivity index is 2.29. The van der Waals surface area contributed by atoms with Crippen LogP contribution >= 0.6 is 0 Å². The van der Waals surface area contributed by atoms with Gasteiger partial charge < -0.3 is 5.32 Å². The lowest BCUT2D eigenvalue weighted by Gasteiger charge is -2.08. The molecule has 0 fully saturated rings. The SMILES string of the molecule is Cc1ccccc1S(=O)CCCNCC(C)C. The average Bonchev–Trinajstić information content (AvgIpc) is 2.28. The second kappa shape index (κ2) is 7.62. The molecule has 2 nitrogen and oxygen atoms in total. The highest BCUT2D eigenvalue weighted by atomic mass is 32.2. The Kier molecular flexibility index (Phi) is 6.45. The molecule has 1 rings (SSSR count). The molecule has 1 atom stereocenters. The molecule has 0 amide bonds. The second-order valence-electron chi connectivity index (χ2n) is 4.77. The maximum absolute atomic E-state index is 12.0. The number of benzene rings is 1. The van der Waals surface area contributed by atoms with Crippen LogP contribution in [-0.2, 0) is 10.8 Å². The molecule has 0 saturated heterocycles. The van der Waals surface area contributed by atoms with E-state index >= 15 is 0 Å². The van der Waals surface area contributed by atoms with Crippen molar-refractivity contribution < 1.29 is 4.21 Å². The number of rotatable bonds is 7. The predicted molar refractivity (Wildman–Crippen MR) is 74.8 cm³/mol. The van der Waals surface area contributed by atoms with Gasteiger partial charge in [0.15, 0.2) is 0 Å². The highest BCUT2D eigenvalue weighted by molar-refractivity contribution is 7.85. The highest BCUT2D eigenvalue weighted by Crippen LogP contribution is 2.12. The van der Waals surface area contributed by atoms with Gasteiger partial charge in [0.1, 0.15) is 0 Å². The van der Waals surface area contributed by atoms with Gasteiger partial charge in [-0.2, -0.15) is 0 Å². The molecule has 3 heteroatoms. The molecule has 17 heavy (non-hydrogen) atoms. The van der Waals surface area contributed by atoms with Crippen molar-refractivity contribution in [2.24, 2.45) is 5.92 Å². The van der Waals surface area contributed by atoms with Gasteiger partial charge in [-0.1, -0.05) is 32.0 Å². The van der Waals surface area contributed by atoms with E-state index in [-0.39, 0.29) is 0 Å². The minimum Gasteiger partial charge on any atom is -0.316 e. The van der Waals surface area contributed by atoms with Crippen LogP contribution in [0.5, 0.6) is 0 Å². The average molecular weight is 253 g/mol. The quantitative estimate of drug-likeness (QED) is 0.757. The van der Waals surface area contributed by atoms with Crippen LogP contribution in [0, 0.1) is 12.8 Å². The van der Waals surface area contributed by atoms with Gasteiger partial charge in [0, 0.05) is 10.6 Å². The molecular weight excluding hydrogens is 230 g/mol. The summed E-state index contributed by atoms with van der Waals surface area (Å²) in [5, 5.41) is 3.37. The maximum atomic E-state index is 12.0. The molecule has 0 aliphatic rings. The van der Waals surface area contributed by atoms with Crippen LogP contribution in [0.15, 0.2) is 29.2 Å². The summed E-state index contributed by atoms with van der Waals surface area (Å²) in [5.41, 5.74) is 1.13. The van der Waals surface area contributed by atoms with Gasteiger partial charge >= 0.3 is 0 Å². The van der Waals surface area contributed by atoms with E-state index < -0.39 is 10.8 Å². The standard InChI is InChI=1S/C14H23NOS/c1-12(2)11-15-9-6-10-17(16)14-8-5-4-7-13(14)3/h4-5,7-8,12,15H,6,9-11H2,1-3H3. The number of nitrogens with one attached hydrogen (secondary N) is 1. The Morgan fingerprint density at radius 1 is 1.29 bits per heavy atom. The Hall–Kier alpha value is -0.670. The van der Waals surface area contributed by atoms with Crippen LogP contribution in [0.4, 0.5) is 0 Å². The summed E-state index contributed by atoms with van der Waals surface area (Å²) >= 11 is 0. The van der Waals surface area contributed by atoms with E-state index in [0.717, 1.165) is 35.7 Å². The minimum atomic E-state index is -0.849. The van der Waals surface area contributed by atoms with Gasteiger partial charge in [-0.3, -0.25) is 4.21 Å². The van der Waals surface area contributed by atoms with Gasteiger partial charge in [-0.15, -0.1) is 0 Å². The molecule has 0 aliphatic heterocycles. The van der Waals surface area contributed by atoms with Gasteiger partial charge in [0.05, 0.1) is 10.8 Å². The zero-order chi connectivity index (χ0) is 12.7. The second-order valence-corrected chi connectivity index (χ2v) is 6.31. The molecule has 0 aromatic heterocycles. The fourth-order valence-electron chi connectivity index (χ4n) is 1.64. The zero-order valence-corrected chi connectivity index (χ0v) is 11.8. The number of hydrogen-bond acceptors (Lipinski definition) is 2. The molecule has 0 radical (unpaired) electrons. The molecule has 0 bridgehead atoms. The van der Waals surface area contributed by atoms with Crippen LogP contribution < -0.4 is 5.32 Å². The maximum Gasteiger partial charge on any atom is 0.0532 e. The number of aryl methyl sites for hydroxylation is 1. The van der Waals surface area contributed by atoms with Gasteiger partial charge in [0.2, 0.25) is 0 Å². The molecule has 0 saturated carbocycles. The van der Waals surface area contributed by atoms with E-state index in [2.05, 4.69) is 19.2 Å². The lowest BCUT2D eigenvalue weighted by molar-refractivity contribution is 0.550. The topological polar surface area (TPSA) is 29.1 Å². The fraction of sp³-hybridized carbons (Fsp3) is 0.571. The van der Waals surface area contributed by atoms with Crippen LogP contribution in [0.3, 0.4) is 0 Å². The largest absolute Gasteiger partial charge is 0.316 e. The van der Waals surface area contributed by atoms with E-state index in [9.17, 15) is 4.21 Å². The minimum absolute atomic E-state index is 0.678. The third-order valence-corrected chi connectivity index (χ3v) is 4.18. The molecular formula is C14H23NOS. The van der Waals surface area contributed by atoms with Crippen molar-refractivity contribution >= 4 is 10.8 Å². The summed E-state index contributed by atoms with van der Waals surface area (Å²) in [4.78, 5) is 0.983. The third-order valence-electron chi connectivity index (χ3n) is 2.57. The fourth-order valence-corrected chi connectivity index (χ4v) is 2.92. The predicted octanol–water partition coefficient (Wildman–Crippen LogP) is 2.74. The van der Waals surface area contributed by atoms with Crippen molar-refractivity contribution in [3.63, 3.8) is 0 Å². The summed E-state index contributed by atoms with van der Waals surface area (Å²) in [6.07, 6.45) is 0.966. The normalized spacial score (nSPS) is 12.9. The Morgan fingerprint density at radius 2 is 2.00 bits per heavy atom. The van der Waals surface area contributed by atoms with Crippen molar-refractivity contribution in [3.8, 4) is 0 Å².